The molecule has 32 heavy (non-hydrogen) atoms. The quantitative estimate of drug-likeness (QED) is 0.194. The molecule has 0 aliphatic heterocycles. The second kappa shape index (κ2) is 12.1. The minimum absolute atomic E-state index is 0. The minimum atomic E-state index is -5.03. The van der Waals surface area contributed by atoms with Crippen LogP contribution in [0.4, 0.5) is 0 Å². The number of phosphoric ester groups is 1. The van der Waals surface area contributed by atoms with Gasteiger partial charge in [-0.3, -0.25) is 10.1 Å². The van der Waals surface area contributed by atoms with Crippen molar-refractivity contribution in [2.75, 3.05) is 6.61 Å². The summed E-state index contributed by atoms with van der Waals surface area (Å²) < 4.78 is 20.5. The summed E-state index contributed by atoms with van der Waals surface area (Å²) in [6, 6.07) is 5.19. The summed E-state index contributed by atoms with van der Waals surface area (Å²) in [6.45, 7) is 2.19. The van der Waals surface area contributed by atoms with E-state index >= 15 is 0 Å². The monoisotopic (exact) mass is 491 g/mol. The van der Waals surface area contributed by atoms with Gasteiger partial charge in [0, 0.05) is 29.5 Å². The van der Waals surface area contributed by atoms with Gasteiger partial charge in [-0.1, -0.05) is 6.92 Å². The van der Waals surface area contributed by atoms with E-state index in [-0.39, 0.29) is 59.1 Å². The van der Waals surface area contributed by atoms with E-state index in [1.54, 1.807) is 30.7 Å². The normalized spacial score (nSPS) is 11.1. The van der Waals surface area contributed by atoms with E-state index in [0.717, 1.165) is 32.9 Å². The SMILES string of the molecule is CCCOc1nccc2c(-c3cnc(-c4ccc(COP(=O)([O-])[O-])nc4)s3)[nH]nc12.[Na+].[Na+]. The van der Waals surface area contributed by atoms with Crippen LogP contribution in [0.25, 0.3) is 32.0 Å². The minimum Gasteiger partial charge on any atom is -0.790 e. The molecule has 0 aromatic carbocycles. The van der Waals surface area contributed by atoms with Crippen LogP contribution in [0.5, 0.6) is 5.88 Å². The smallest absolute Gasteiger partial charge is 0.790 e. The molecule has 0 radical (unpaired) electrons. The van der Waals surface area contributed by atoms with Gasteiger partial charge < -0.3 is 23.6 Å². The van der Waals surface area contributed by atoms with Gasteiger partial charge in [0.2, 0.25) is 5.88 Å². The van der Waals surface area contributed by atoms with Crippen LogP contribution in [0, 0.1) is 0 Å². The van der Waals surface area contributed by atoms with E-state index in [4.69, 9.17) is 4.74 Å². The Hall–Kier alpha value is -0.690. The van der Waals surface area contributed by atoms with Crippen molar-refractivity contribution < 1.29 is 82.7 Å². The largest absolute Gasteiger partial charge is 1.00 e. The summed E-state index contributed by atoms with van der Waals surface area (Å²) in [5, 5.41) is 8.99. The molecule has 10 nitrogen and oxygen atoms in total. The number of nitrogens with one attached hydrogen (secondary N) is 1. The molecule has 0 fully saturated rings. The Labute approximate surface area is 232 Å². The number of aromatic amines is 1. The number of ether oxygens (including phenoxy) is 1. The van der Waals surface area contributed by atoms with Crippen LogP contribution >= 0.6 is 19.2 Å². The first-order chi connectivity index (χ1) is 14.4. The van der Waals surface area contributed by atoms with Gasteiger partial charge >= 0.3 is 59.1 Å². The molecule has 4 aromatic heterocycles. The van der Waals surface area contributed by atoms with Gasteiger partial charge in [-0.25, -0.2) is 9.97 Å². The van der Waals surface area contributed by atoms with Gasteiger partial charge in [-0.2, -0.15) is 5.10 Å². The maximum Gasteiger partial charge on any atom is 1.00 e. The molecular weight excluding hydrogens is 475 g/mol. The molecule has 0 amide bonds. The molecule has 4 aromatic rings. The predicted molar refractivity (Wildman–Crippen MR) is 106 cm³/mol. The van der Waals surface area contributed by atoms with Crippen molar-refractivity contribution in [1.29, 1.82) is 0 Å². The van der Waals surface area contributed by atoms with Crippen LogP contribution in [-0.2, 0) is 15.7 Å². The van der Waals surface area contributed by atoms with Crippen molar-refractivity contribution in [3.63, 3.8) is 0 Å². The number of H-pyrrole nitrogens is 1. The van der Waals surface area contributed by atoms with Crippen LogP contribution in [-0.4, -0.2) is 31.8 Å². The Morgan fingerprint density at radius 3 is 2.62 bits per heavy atom. The number of nitrogens with zero attached hydrogens (tertiary/aromatic N) is 4. The molecular formula is C18H16N5Na2O5PS. The van der Waals surface area contributed by atoms with E-state index < -0.39 is 14.4 Å². The molecule has 4 rings (SSSR count). The molecule has 0 saturated heterocycles. The van der Waals surface area contributed by atoms with E-state index in [9.17, 15) is 14.4 Å². The first-order valence-corrected chi connectivity index (χ1v) is 11.3. The number of fused-ring (bicyclic) bond motifs is 1. The predicted octanol–water partition coefficient (Wildman–Crippen LogP) is -3.71. The summed E-state index contributed by atoms with van der Waals surface area (Å²) in [5.74, 6) is 0.490. The number of rotatable bonds is 8. The number of hydrogen-bond donors (Lipinski definition) is 1. The Morgan fingerprint density at radius 1 is 1.12 bits per heavy atom. The third kappa shape index (κ3) is 6.68. The van der Waals surface area contributed by atoms with Crippen molar-refractivity contribution in [1.82, 2.24) is 25.1 Å². The van der Waals surface area contributed by atoms with E-state index in [1.807, 2.05) is 13.0 Å². The zero-order valence-corrected chi connectivity index (χ0v) is 23.5. The molecule has 0 saturated carbocycles. The summed E-state index contributed by atoms with van der Waals surface area (Å²) in [4.78, 5) is 34.8. The maximum absolute atomic E-state index is 10.6. The van der Waals surface area contributed by atoms with Crippen molar-refractivity contribution >= 4 is 30.1 Å². The molecule has 0 spiro atoms. The van der Waals surface area contributed by atoms with Crippen molar-refractivity contribution in [3.8, 4) is 27.0 Å². The fourth-order valence-corrected chi connectivity index (χ4v) is 3.92. The average Bonchev–Trinajstić information content (AvgIpc) is 3.38. The summed E-state index contributed by atoms with van der Waals surface area (Å²) in [7, 11) is -5.03. The molecule has 0 aliphatic rings. The van der Waals surface area contributed by atoms with Crippen molar-refractivity contribution in [2.24, 2.45) is 0 Å². The van der Waals surface area contributed by atoms with Gasteiger partial charge in [0.15, 0.2) is 5.52 Å². The van der Waals surface area contributed by atoms with Crippen LogP contribution < -0.4 is 73.6 Å². The maximum atomic E-state index is 10.6. The summed E-state index contributed by atoms with van der Waals surface area (Å²) in [5.41, 5.74) is 2.56. The summed E-state index contributed by atoms with van der Waals surface area (Å²) >= 11 is 1.45. The number of pyridine rings is 2. The third-order valence-electron chi connectivity index (χ3n) is 4.08. The molecule has 156 valence electrons. The second-order valence-electron chi connectivity index (χ2n) is 6.25. The Morgan fingerprint density at radius 2 is 1.94 bits per heavy atom. The van der Waals surface area contributed by atoms with Gasteiger partial charge in [0.05, 0.1) is 37.3 Å². The van der Waals surface area contributed by atoms with Crippen molar-refractivity contribution in [2.45, 2.75) is 20.0 Å². The van der Waals surface area contributed by atoms with E-state index in [2.05, 4.69) is 29.7 Å². The Balaban J connectivity index is 0.00000181. The van der Waals surface area contributed by atoms with Crippen LogP contribution in [0.15, 0.2) is 36.8 Å². The van der Waals surface area contributed by atoms with Gasteiger partial charge in [0.25, 0.3) is 0 Å². The standard InChI is InChI=1S/C18H18N5O5PS.2Na/c1-2-7-27-17-16-13(5-6-19-17)15(22-23-16)14-9-21-18(30-14)11-3-4-12(20-8-11)10-28-29(24,25)26;;/h3-6,8-9H,2,7,10H2,1H3,(H,22,23)(H2,24,25,26);;/q;2*+1/p-2. The number of thiazole rings is 1. The molecule has 0 unspecified atom stereocenters. The second-order valence-corrected chi connectivity index (χ2v) is 8.43. The summed E-state index contributed by atoms with van der Waals surface area (Å²) in [6.07, 6.45) is 5.84. The molecule has 1 N–H and O–H groups in total. The molecule has 14 heteroatoms. The topological polar surface area (TPSA) is 149 Å². The number of aromatic nitrogens is 5. The first-order valence-electron chi connectivity index (χ1n) is 8.98. The van der Waals surface area contributed by atoms with Crippen LogP contribution in [0.2, 0.25) is 0 Å². The number of phosphoric acid groups is 1. The zero-order chi connectivity index (χ0) is 21.1. The molecule has 0 atom stereocenters. The van der Waals surface area contributed by atoms with Gasteiger partial charge in [-0.05, 0) is 24.6 Å². The first kappa shape index (κ1) is 27.6. The molecule has 0 bridgehead atoms. The third-order valence-corrected chi connectivity index (χ3v) is 5.59. The van der Waals surface area contributed by atoms with E-state index in [0.29, 0.717) is 23.7 Å². The van der Waals surface area contributed by atoms with Gasteiger partial charge in [0.1, 0.15) is 5.01 Å². The average molecular weight is 491 g/mol. The Bertz CT molecular complexity index is 1210. The van der Waals surface area contributed by atoms with Gasteiger partial charge in [-0.15, -0.1) is 11.3 Å². The Kier molecular flexibility index (Phi) is 10.5. The van der Waals surface area contributed by atoms with E-state index in [1.165, 1.54) is 11.3 Å². The molecule has 0 aliphatic carbocycles. The fraction of sp³-hybridized carbons (Fsp3) is 0.222. The van der Waals surface area contributed by atoms with Crippen molar-refractivity contribution in [3.05, 3.63) is 42.5 Å². The van der Waals surface area contributed by atoms with Crippen LogP contribution in [0.1, 0.15) is 19.0 Å². The zero-order valence-electron chi connectivity index (χ0n) is 17.8. The number of hydrogen-bond acceptors (Lipinski definition) is 10. The molecule has 4 heterocycles. The van der Waals surface area contributed by atoms with Crippen LogP contribution in [0.3, 0.4) is 0 Å². The fourth-order valence-electron chi connectivity index (χ4n) is 2.71.